The summed E-state index contributed by atoms with van der Waals surface area (Å²) in [6.07, 6.45) is 6.67. The van der Waals surface area contributed by atoms with Crippen molar-refractivity contribution in [1.82, 2.24) is 4.90 Å². The number of amides is 1. The van der Waals surface area contributed by atoms with Crippen molar-refractivity contribution in [3.8, 4) is 0 Å². The Hall–Kier alpha value is -0.240. The Morgan fingerprint density at radius 1 is 1.33 bits per heavy atom. The maximum absolute atomic E-state index is 12.3. The van der Waals surface area contributed by atoms with E-state index >= 15 is 0 Å². The Morgan fingerprint density at radius 3 is 2.60 bits per heavy atom. The number of piperidine rings is 1. The maximum Gasteiger partial charge on any atom is 0.228 e. The van der Waals surface area contributed by atoms with E-state index < -0.39 is 0 Å². The molecule has 3 heteroatoms. The topological polar surface area (TPSA) is 20.3 Å². The molecule has 0 aromatic heterocycles. The highest BCUT2D eigenvalue weighted by Gasteiger charge is 2.39. The third-order valence-corrected chi connectivity index (χ3v) is 4.23. The van der Waals surface area contributed by atoms with Crippen molar-refractivity contribution in [2.75, 3.05) is 13.1 Å². The maximum atomic E-state index is 12.3. The van der Waals surface area contributed by atoms with E-state index in [1.54, 1.807) is 0 Å². The highest BCUT2D eigenvalue weighted by Crippen LogP contribution is 2.39. The van der Waals surface area contributed by atoms with E-state index in [-0.39, 0.29) is 10.8 Å². The lowest BCUT2D eigenvalue weighted by Gasteiger charge is -2.35. The lowest BCUT2D eigenvalue weighted by Crippen LogP contribution is -2.46. The Bertz CT molecular complexity index is 248. The first kappa shape index (κ1) is 11.3. The van der Waals surface area contributed by atoms with Crippen LogP contribution in [0.1, 0.15) is 45.4 Å². The highest BCUT2D eigenvalue weighted by molar-refractivity contribution is 6.20. The van der Waals surface area contributed by atoms with Crippen LogP contribution < -0.4 is 0 Å². The third-order valence-electron chi connectivity index (χ3n) is 3.87. The summed E-state index contributed by atoms with van der Waals surface area (Å²) in [4.78, 5) is 14.3. The molecule has 1 atom stereocenters. The van der Waals surface area contributed by atoms with Crippen molar-refractivity contribution in [3.05, 3.63) is 0 Å². The van der Waals surface area contributed by atoms with E-state index in [0.717, 1.165) is 38.8 Å². The lowest BCUT2D eigenvalue weighted by atomic mass is 9.86. The summed E-state index contributed by atoms with van der Waals surface area (Å²) in [7, 11) is 0. The minimum atomic E-state index is -0.0754. The molecule has 2 aliphatic rings. The number of alkyl halides is 1. The van der Waals surface area contributed by atoms with Gasteiger partial charge in [-0.05, 0) is 25.7 Å². The van der Waals surface area contributed by atoms with Gasteiger partial charge >= 0.3 is 0 Å². The summed E-state index contributed by atoms with van der Waals surface area (Å²) in [5.41, 5.74) is -0.0754. The van der Waals surface area contributed by atoms with Gasteiger partial charge in [-0.1, -0.05) is 19.8 Å². The zero-order valence-corrected chi connectivity index (χ0v) is 10.2. The molecule has 1 heterocycles. The first-order valence-corrected chi connectivity index (χ1v) is 6.49. The van der Waals surface area contributed by atoms with Crippen LogP contribution in [0.5, 0.6) is 0 Å². The SMILES string of the molecule is CC1(C(=O)N2CCCC(Cl)C2)CCCC1. The lowest BCUT2D eigenvalue weighted by molar-refractivity contribution is -0.141. The van der Waals surface area contributed by atoms with Gasteiger partial charge in [0, 0.05) is 18.5 Å². The second-order valence-electron chi connectivity index (χ2n) is 5.26. The number of carbonyl (C=O) groups excluding carboxylic acids is 1. The van der Waals surface area contributed by atoms with E-state index in [2.05, 4.69) is 6.92 Å². The Labute approximate surface area is 97.0 Å². The number of rotatable bonds is 1. The standard InChI is InChI=1S/C12H20ClNO/c1-12(6-2-3-7-12)11(15)14-8-4-5-10(13)9-14/h10H,2-9H2,1H3. The van der Waals surface area contributed by atoms with Crippen LogP contribution in [-0.4, -0.2) is 29.3 Å². The second-order valence-corrected chi connectivity index (χ2v) is 5.88. The molecule has 1 saturated carbocycles. The summed E-state index contributed by atoms with van der Waals surface area (Å²) in [5.74, 6) is 0.352. The molecule has 2 fully saturated rings. The molecular weight excluding hydrogens is 210 g/mol. The molecule has 2 rings (SSSR count). The van der Waals surface area contributed by atoms with E-state index in [1.807, 2.05) is 4.90 Å². The number of nitrogens with zero attached hydrogens (tertiary/aromatic N) is 1. The molecule has 0 aromatic rings. The smallest absolute Gasteiger partial charge is 0.228 e. The number of likely N-dealkylation sites (tertiary alicyclic amines) is 1. The van der Waals surface area contributed by atoms with Gasteiger partial charge in [0.25, 0.3) is 0 Å². The van der Waals surface area contributed by atoms with Gasteiger partial charge in [0.05, 0.1) is 5.38 Å². The third kappa shape index (κ3) is 2.30. The van der Waals surface area contributed by atoms with Gasteiger partial charge in [-0.25, -0.2) is 0 Å². The molecule has 1 unspecified atom stereocenters. The van der Waals surface area contributed by atoms with Crippen LogP contribution in [0.25, 0.3) is 0 Å². The normalized spacial score (nSPS) is 30.5. The predicted molar refractivity (Wildman–Crippen MR) is 62.0 cm³/mol. The van der Waals surface area contributed by atoms with Gasteiger partial charge in [0.15, 0.2) is 0 Å². The average molecular weight is 230 g/mol. The summed E-state index contributed by atoms with van der Waals surface area (Å²) >= 11 is 6.11. The van der Waals surface area contributed by atoms with Crippen LogP contribution in [0.4, 0.5) is 0 Å². The Balaban J connectivity index is 2.00. The predicted octanol–water partition coefficient (Wildman–Crippen LogP) is 2.80. The van der Waals surface area contributed by atoms with Crippen LogP contribution in [0, 0.1) is 5.41 Å². The number of hydrogen-bond acceptors (Lipinski definition) is 1. The van der Waals surface area contributed by atoms with Crippen molar-refractivity contribution in [2.45, 2.75) is 50.8 Å². The molecule has 0 spiro atoms. The monoisotopic (exact) mass is 229 g/mol. The fourth-order valence-corrected chi connectivity index (χ4v) is 3.18. The van der Waals surface area contributed by atoms with Crippen LogP contribution in [0.2, 0.25) is 0 Å². The largest absolute Gasteiger partial charge is 0.341 e. The van der Waals surface area contributed by atoms with E-state index in [9.17, 15) is 4.79 Å². The van der Waals surface area contributed by atoms with Crippen molar-refractivity contribution >= 4 is 17.5 Å². The van der Waals surface area contributed by atoms with E-state index in [0.29, 0.717) is 5.91 Å². The summed E-state index contributed by atoms with van der Waals surface area (Å²) in [5, 5.41) is 0.174. The summed E-state index contributed by atoms with van der Waals surface area (Å²) < 4.78 is 0. The quantitative estimate of drug-likeness (QED) is 0.634. The van der Waals surface area contributed by atoms with Crippen LogP contribution in [0.3, 0.4) is 0 Å². The Kier molecular flexibility index (Phi) is 3.24. The van der Waals surface area contributed by atoms with Crippen LogP contribution in [-0.2, 0) is 4.79 Å². The number of halogens is 1. The van der Waals surface area contributed by atoms with Crippen molar-refractivity contribution in [2.24, 2.45) is 5.41 Å². The molecule has 1 aliphatic carbocycles. The van der Waals surface area contributed by atoms with Crippen LogP contribution in [0.15, 0.2) is 0 Å². The molecule has 86 valence electrons. The van der Waals surface area contributed by atoms with Crippen LogP contribution >= 0.6 is 11.6 Å². The first-order valence-electron chi connectivity index (χ1n) is 6.05. The second kappa shape index (κ2) is 4.32. The minimum Gasteiger partial charge on any atom is -0.341 e. The zero-order valence-electron chi connectivity index (χ0n) is 9.47. The van der Waals surface area contributed by atoms with Crippen molar-refractivity contribution < 1.29 is 4.79 Å². The fraction of sp³-hybridized carbons (Fsp3) is 0.917. The van der Waals surface area contributed by atoms with Gasteiger partial charge < -0.3 is 4.90 Å². The van der Waals surface area contributed by atoms with E-state index in [1.165, 1.54) is 12.8 Å². The van der Waals surface area contributed by atoms with Gasteiger partial charge in [0.1, 0.15) is 0 Å². The van der Waals surface area contributed by atoms with E-state index in [4.69, 9.17) is 11.6 Å². The van der Waals surface area contributed by atoms with Crippen molar-refractivity contribution in [3.63, 3.8) is 0 Å². The molecule has 0 radical (unpaired) electrons. The fourth-order valence-electron chi connectivity index (χ4n) is 2.86. The van der Waals surface area contributed by atoms with Gasteiger partial charge in [-0.3, -0.25) is 4.79 Å². The highest BCUT2D eigenvalue weighted by atomic mass is 35.5. The van der Waals surface area contributed by atoms with Gasteiger partial charge in [-0.2, -0.15) is 0 Å². The molecule has 15 heavy (non-hydrogen) atoms. The molecule has 1 aliphatic heterocycles. The molecular formula is C12H20ClNO. The minimum absolute atomic E-state index is 0.0754. The van der Waals surface area contributed by atoms with Gasteiger partial charge in [0.2, 0.25) is 5.91 Å². The average Bonchev–Trinajstić information content (AvgIpc) is 2.65. The molecule has 1 amide bonds. The zero-order chi connectivity index (χ0) is 10.9. The molecule has 2 nitrogen and oxygen atoms in total. The first-order chi connectivity index (χ1) is 7.12. The molecule has 0 aromatic carbocycles. The summed E-state index contributed by atoms with van der Waals surface area (Å²) in [6.45, 7) is 3.80. The molecule has 1 saturated heterocycles. The Morgan fingerprint density at radius 2 is 2.00 bits per heavy atom. The van der Waals surface area contributed by atoms with Crippen molar-refractivity contribution in [1.29, 1.82) is 0 Å². The number of hydrogen-bond donors (Lipinski definition) is 0. The molecule has 0 bridgehead atoms. The van der Waals surface area contributed by atoms with Gasteiger partial charge in [-0.15, -0.1) is 11.6 Å². The number of carbonyl (C=O) groups is 1. The molecule has 0 N–H and O–H groups in total. The summed E-state index contributed by atoms with van der Waals surface area (Å²) in [6, 6.07) is 0.